The van der Waals surface area contributed by atoms with Crippen molar-refractivity contribution in [1.29, 1.82) is 0 Å². The van der Waals surface area contributed by atoms with Gasteiger partial charge in [0, 0.05) is 29.9 Å². The zero-order valence-electron chi connectivity index (χ0n) is 32.1. The van der Waals surface area contributed by atoms with Crippen LogP contribution in [0.4, 0.5) is 13.2 Å². The number of carbonyl (C=O) groups is 3. The molecule has 4 fully saturated rings. The van der Waals surface area contributed by atoms with Crippen LogP contribution in [0.25, 0.3) is 11.6 Å². The molecule has 5 aliphatic rings. The smallest absolute Gasteiger partial charge is 0.417 e. The largest absolute Gasteiger partial charge is 0.462 e. The van der Waals surface area contributed by atoms with E-state index in [4.69, 9.17) is 9.15 Å². The Kier molecular flexibility index (Phi) is 9.40. The number of hydrogen-bond acceptors (Lipinski definition) is 8. The summed E-state index contributed by atoms with van der Waals surface area (Å²) in [5.74, 6) is 2.37. The first-order valence-corrected chi connectivity index (χ1v) is 19.6. The van der Waals surface area contributed by atoms with E-state index in [1.807, 2.05) is 0 Å². The van der Waals surface area contributed by atoms with Crippen LogP contribution in [0.1, 0.15) is 124 Å². The van der Waals surface area contributed by atoms with E-state index in [9.17, 15) is 27.6 Å². The lowest BCUT2D eigenvalue weighted by Gasteiger charge is -2.67. The minimum atomic E-state index is -4.49. The Labute approximate surface area is 310 Å². The monoisotopic (exact) mass is 737 g/mol. The zero-order chi connectivity index (χ0) is 38.3. The lowest BCUT2D eigenvalue weighted by atomic mass is 9.38. The second-order valence-corrected chi connectivity index (χ2v) is 18.7. The Morgan fingerprint density at radius 2 is 1.72 bits per heavy atom. The molecule has 0 spiro atoms. The summed E-state index contributed by atoms with van der Waals surface area (Å²) in [6, 6.07) is 2.21. The van der Waals surface area contributed by atoms with E-state index < -0.39 is 22.6 Å². The van der Waals surface area contributed by atoms with E-state index in [1.165, 1.54) is 11.6 Å². The third kappa shape index (κ3) is 6.39. The number of aromatic nitrogens is 3. The van der Waals surface area contributed by atoms with Crippen molar-refractivity contribution in [3.05, 3.63) is 40.9 Å². The van der Waals surface area contributed by atoms with Gasteiger partial charge in [0.2, 0.25) is 5.89 Å². The number of pyridine rings is 1. The minimum absolute atomic E-state index is 0.0688. The summed E-state index contributed by atoms with van der Waals surface area (Å²) in [6.07, 6.45) is 5.85. The van der Waals surface area contributed by atoms with Gasteiger partial charge < -0.3 is 13.9 Å². The maximum Gasteiger partial charge on any atom is 0.417 e. The quantitative estimate of drug-likeness (QED) is 0.195. The van der Waals surface area contributed by atoms with Gasteiger partial charge >= 0.3 is 12.1 Å². The molecule has 5 aliphatic carbocycles. The van der Waals surface area contributed by atoms with Gasteiger partial charge in [0.25, 0.3) is 5.89 Å². The summed E-state index contributed by atoms with van der Waals surface area (Å²) in [4.78, 5) is 42.2. The first-order valence-electron chi connectivity index (χ1n) is 19.6. The molecule has 11 heteroatoms. The van der Waals surface area contributed by atoms with Gasteiger partial charge in [-0.05, 0) is 115 Å². The van der Waals surface area contributed by atoms with Crippen molar-refractivity contribution in [2.75, 3.05) is 0 Å². The van der Waals surface area contributed by atoms with E-state index in [0.29, 0.717) is 36.5 Å². The molecule has 0 saturated heterocycles. The second-order valence-electron chi connectivity index (χ2n) is 18.7. The number of Topliss-reactive ketones (excluding diaryl/α,β-unsaturated/α-hetero) is 1. The van der Waals surface area contributed by atoms with Crippen molar-refractivity contribution < 1.29 is 36.7 Å². The van der Waals surface area contributed by atoms with E-state index in [1.54, 1.807) is 13.8 Å². The molecule has 0 aromatic carbocycles. The van der Waals surface area contributed by atoms with Crippen LogP contribution in [0.5, 0.6) is 0 Å². The highest BCUT2D eigenvalue weighted by atomic mass is 19.4. The Morgan fingerprint density at radius 3 is 2.38 bits per heavy atom. The highest BCUT2D eigenvalue weighted by molar-refractivity contribution is 6.00. The van der Waals surface area contributed by atoms with E-state index in [2.05, 4.69) is 49.8 Å². The van der Waals surface area contributed by atoms with Crippen LogP contribution in [0.2, 0.25) is 0 Å². The first-order chi connectivity index (χ1) is 24.8. The van der Waals surface area contributed by atoms with Crippen LogP contribution in [-0.4, -0.2) is 39.3 Å². The maximum absolute atomic E-state index is 14.0. The van der Waals surface area contributed by atoms with Crippen LogP contribution >= 0.6 is 0 Å². The number of halogens is 3. The van der Waals surface area contributed by atoms with Gasteiger partial charge in [-0.25, -0.2) is 0 Å². The molecular weight excluding hydrogens is 683 g/mol. The molecular formula is C42H54F3N3O5. The van der Waals surface area contributed by atoms with Crippen molar-refractivity contribution in [3.63, 3.8) is 0 Å². The number of allylic oxidation sites excluding steroid dienone is 2. The standard InChI is InChI=1S/C42H54F3N3O5/c1-23(2)35-30(50)18-41(19-33-47-48-37(53-33)29-10-8-25(21-46-29)42(43,44)45)17-13-28-26(36(35)41)9-11-32-39(6)16-14-31(52-34(51)20-38(4,5)22-49)24(3)27(39)12-15-40(28,32)7/h8,10,21-24,26-28,31-32H,9,11-20H2,1-7H3. The predicted octanol–water partition coefficient (Wildman–Crippen LogP) is 9.42. The van der Waals surface area contributed by atoms with Crippen molar-refractivity contribution in [3.8, 4) is 11.6 Å². The summed E-state index contributed by atoms with van der Waals surface area (Å²) in [5.41, 5.74) is 0.667. The first kappa shape index (κ1) is 37.9. The van der Waals surface area contributed by atoms with Crippen LogP contribution in [0, 0.1) is 57.2 Å². The Morgan fingerprint density at radius 1 is 1.02 bits per heavy atom. The predicted molar refractivity (Wildman–Crippen MR) is 191 cm³/mol. The molecule has 0 bridgehead atoms. The zero-order valence-corrected chi connectivity index (χ0v) is 32.1. The number of fused-ring (bicyclic) bond motifs is 7. The van der Waals surface area contributed by atoms with Gasteiger partial charge in [-0.3, -0.25) is 14.6 Å². The number of rotatable bonds is 8. The SMILES string of the molecule is CC(C)C1=C2C3CCC4C(C)(CCC5C(C)C(OC(=O)CC(C)(C)C=O)CCC54C)C3CCC2(Cc2nnc(-c3ccc(C(F)(F)F)cn3)o2)CC1=O. The maximum atomic E-state index is 14.0. The van der Waals surface area contributed by atoms with Crippen LogP contribution < -0.4 is 0 Å². The molecule has 9 atom stereocenters. The molecule has 0 aliphatic heterocycles. The van der Waals surface area contributed by atoms with Crippen LogP contribution in [0.3, 0.4) is 0 Å². The molecule has 0 radical (unpaired) electrons. The normalized spacial score (nSPS) is 35.7. The molecule has 2 aromatic heterocycles. The fourth-order valence-corrected chi connectivity index (χ4v) is 12.4. The van der Waals surface area contributed by atoms with E-state index >= 15 is 0 Å². The molecule has 2 heterocycles. The lowest BCUT2D eigenvalue weighted by Crippen LogP contribution is -2.60. The van der Waals surface area contributed by atoms with Gasteiger partial charge in [0.15, 0.2) is 5.78 Å². The fraction of sp³-hybridized carbons (Fsp3) is 0.714. The Balaban J connectivity index is 1.13. The number of ether oxygens (including phenoxy) is 1. The number of nitrogens with zero attached hydrogens (tertiary/aromatic N) is 3. The van der Waals surface area contributed by atoms with Crippen molar-refractivity contribution in [2.24, 2.45) is 57.2 Å². The molecule has 7 rings (SSSR count). The van der Waals surface area contributed by atoms with Crippen LogP contribution in [-0.2, 0) is 31.7 Å². The van der Waals surface area contributed by atoms with Crippen molar-refractivity contribution >= 4 is 18.0 Å². The number of hydrogen-bond donors (Lipinski definition) is 0. The Bertz CT molecular complexity index is 1800. The second kappa shape index (κ2) is 13.1. The molecule has 2 aromatic rings. The molecule has 53 heavy (non-hydrogen) atoms. The molecule has 0 N–H and O–H groups in total. The molecule has 288 valence electrons. The highest BCUT2D eigenvalue weighted by Gasteiger charge is 2.65. The number of ketones is 1. The summed E-state index contributed by atoms with van der Waals surface area (Å²) in [6.45, 7) is 15.0. The van der Waals surface area contributed by atoms with Crippen molar-refractivity contribution in [1.82, 2.24) is 15.2 Å². The topological polar surface area (TPSA) is 112 Å². The number of aldehydes is 1. The molecule has 8 nitrogen and oxygen atoms in total. The van der Waals surface area contributed by atoms with Gasteiger partial charge in [-0.1, -0.05) is 54.0 Å². The average molecular weight is 738 g/mol. The molecule has 0 amide bonds. The van der Waals surface area contributed by atoms with E-state index in [-0.39, 0.29) is 64.4 Å². The van der Waals surface area contributed by atoms with Gasteiger partial charge in [0.05, 0.1) is 12.0 Å². The van der Waals surface area contributed by atoms with Crippen molar-refractivity contribution in [2.45, 2.75) is 131 Å². The van der Waals surface area contributed by atoms with Gasteiger partial charge in [-0.15, -0.1) is 10.2 Å². The highest BCUT2D eigenvalue weighted by Crippen LogP contribution is 2.72. The minimum Gasteiger partial charge on any atom is -0.462 e. The molecule has 9 unspecified atom stereocenters. The lowest BCUT2D eigenvalue weighted by molar-refractivity contribution is -0.191. The number of alkyl halides is 3. The van der Waals surface area contributed by atoms with E-state index in [0.717, 1.165) is 75.5 Å². The summed E-state index contributed by atoms with van der Waals surface area (Å²) < 4.78 is 51.5. The third-order valence-corrected chi connectivity index (χ3v) is 14.7. The number of carbonyl (C=O) groups excluding carboxylic acids is 3. The average Bonchev–Trinajstić information content (AvgIpc) is 3.67. The summed E-state index contributed by atoms with van der Waals surface area (Å²) >= 11 is 0. The fourth-order valence-electron chi connectivity index (χ4n) is 12.4. The summed E-state index contributed by atoms with van der Waals surface area (Å²) in [5, 5.41) is 8.50. The number of esters is 1. The van der Waals surface area contributed by atoms with Gasteiger partial charge in [-0.2, -0.15) is 13.2 Å². The Hall–Kier alpha value is -3.37. The summed E-state index contributed by atoms with van der Waals surface area (Å²) in [7, 11) is 0. The van der Waals surface area contributed by atoms with Crippen LogP contribution in [0.15, 0.2) is 33.9 Å². The molecule has 4 saturated carbocycles. The third-order valence-electron chi connectivity index (χ3n) is 14.7. The van der Waals surface area contributed by atoms with Gasteiger partial charge in [0.1, 0.15) is 18.1 Å².